The summed E-state index contributed by atoms with van der Waals surface area (Å²) in [6.45, 7) is -0.835. The molecule has 1 aromatic rings. The number of halogens is 3. The van der Waals surface area contributed by atoms with Crippen LogP contribution in [0.25, 0.3) is 0 Å². The molecule has 0 spiro atoms. The van der Waals surface area contributed by atoms with E-state index < -0.39 is 36.4 Å². The fourth-order valence-electron chi connectivity index (χ4n) is 1.11. The van der Waals surface area contributed by atoms with Gasteiger partial charge < -0.3 is 15.7 Å². The van der Waals surface area contributed by atoms with Gasteiger partial charge in [-0.3, -0.25) is 0 Å². The Morgan fingerprint density at radius 2 is 2.00 bits per heavy atom. The first-order chi connectivity index (χ1) is 8.40. The molecule has 98 valence electrons. The molecule has 0 aliphatic carbocycles. The van der Waals surface area contributed by atoms with Crippen molar-refractivity contribution in [2.24, 2.45) is 0 Å². The van der Waals surface area contributed by atoms with Gasteiger partial charge in [-0.2, -0.15) is 0 Å². The molecule has 8 heteroatoms. The molecule has 2 amide bonds. The Balaban J connectivity index is 2.70. The average Bonchev–Trinajstić information content (AvgIpc) is 2.28. The average molecular weight is 262 g/mol. The number of hydrogen-bond acceptors (Lipinski definition) is 2. The minimum Gasteiger partial charge on any atom is -0.478 e. The molecule has 0 unspecified atom stereocenters. The van der Waals surface area contributed by atoms with E-state index in [9.17, 15) is 22.8 Å². The van der Waals surface area contributed by atoms with Crippen LogP contribution in [0.2, 0.25) is 0 Å². The third kappa shape index (κ3) is 3.96. The van der Waals surface area contributed by atoms with Crippen LogP contribution < -0.4 is 10.6 Å². The molecule has 0 aliphatic rings. The molecule has 1 aromatic carbocycles. The van der Waals surface area contributed by atoms with Crippen molar-refractivity contribution < 1.29 is 27.9 Å². The van der Waals surface area contributed by atoms with Crippen molar-refractivity contribution in [2.45, 2.75) is 6.43 Å². The van der Waals surface area contributed by atoms with E-state index in [1.54, 1.807) is 0 Å². The van der Waals surface area contributed by atoms with Gasteiger partial charge in [0.2, 0.25) is 0 Å². The predicted molar refractivity (Wildman–Crippen MR) is 56.4 cm³/mol. The summed E-state index contributed by atoms with van der Waals surface area (Å²) in [6, 6.07) is 1.92. The molecule has 0 heterocycles. The van der Waals surface area contributed by atoms with Gasteiger partial charge in [-0.15, -0.1) is 0 Å². The maximum absolute atomic E-state index is 13.0. The monoisotopic (exact) mass is 262 g/mol. The van der Waals surface area contributed by atoms with Crippen LogP contribution in [-0.4, -0.2) is 30.1 Å². The summed E-state index contributed by atoms with van der Waals surface area (Å²) >= 11 is 0. The zero-order valence-electron chi connectivity index (χ0n) is 8.91. The van der Waals surface area contributed by atoms with Crippen LogP contribution in [0, 0.1) is 5.82 Å². The number of benzene rings is 1. The van der Waals surface area contributed by atoms with E-state index in [4.69, 9.17) is 5.11 Å². The highest BCUT2D eigenvalue weighted by molar-refractivity contribution is 5.93. The Bertz CT molecular complexity index is 466. The number of carbonyl (C=O) groups excluding carboxylic acids is 1. The van der Waals surface area contributed by atoms with Gasteiger partial charge in [0, 0.05) is 5.69 Å². The molecule has 0 bridgehead atoms. The molecule has 0 aromatic heterocycles. The van der Waals surface area contributed by atoms with Crippen molar-refractivity contribution >= 4 is 17.7 Å². The predicted octanol–water partition coefficient (Wildman–Crippen LogP) is 1.91. The Morgan fingerprint density at radius 3 is 2.56 bits per heavy atom. The third-order valence-electron chi connectivity index (χ3n) is 1.87. The minimum atomic E-state index is -2.70. The standard InChI is InChI=1S/C10H9F3N2O3/c11-7-2-1-5(3-6(7)9(16)17)15-10(18)14-4-8(12)13/h1-3,8H,4H2,(H,16,17)(H2,14,15,18). The molecular weight excluding hydrogens is 253 g/mol. The molecule has 0 saturated carbocycles. The second-order valence-electron chi connectivity index (χ2n) is 3.23. The quantitative estimate of drug-likeness (QED) is 0.775. The summed E-state index contributed by atoms with van der Waals surface area (Å²) in [4.78, 5) is 21.7. The third-order valence-corrected chi connectivity index (χ3v) is 1.87. The van der Waals surface area contributed by atoms with Gasteiger partial charge in [0.05, 0.1) is 12.1 Å². The SMILES string of the molecule is O=C(NCC(F)F)Nc1ccc(F)c(C(=O)O)c1. The number of anilines is 1. The first-order valence-electron chi connectivity index (χ1n) is 4.76. The molecule has 18 heavy (non-hydrogen) atoms. The fraction of sp³-hybridized carbons (Fsp3) is 0.200. The second-order valence-corrected chi connectivity index (χ2v) is 3.23. The lowest BCUT2D eigenvalue weighted by Gasteiger charge is -2.08. The van der Waals surface area contributed by atoms with Gasteiger partial charge in [0.1, 0.15) is 5.82 Å². The maximum atomic E-state index is 13.0. The van der Waals surface area contributed by atoms with E-state index in [2.05, 4.69) is 5.32 Å². The van der Waals surface area contributed by atoms with E-state index in [0.29, 0.717) is 0 Å². The lowest BCUT2D eigenvalue weighted by atomic mass is 10.2. The topological polar surface area (TPSA) is 78.4 Å². The Hall–Kier alpha value is -2.25. The highest BCUT2D eigenvalue weighted by atomic mass is 19.3. The Labute approximate surface area is 99.6 Å². The normalized spacial score (nSPS) is 10.2. The van der Waals surface area contributed by atoms with Crippen LogP contribution in [0.3, 0.4) is 0 Å². The first-order valence-corrected chi connectivity index (χ1v) is 4.76. The van der Waals surface area contributed by atoms with Crippen LogP contribution in [0.1, 0.15) is 10.4 Å². The van der Waals surface area contributed by atoms with Crippen molar-refractivity contribution in [3.05, 3.63) is 29.6 Å². The number of carboxylic acids is 1. The number of rotatable bonds is 4. The summed E-state index contributed by atoms with van der Waals surface area (Å²) in [7, 11) is 0. The number of carboxylic acid groups (broad SMARTS) is 1. The molecular formula is C10H9F3N2O3. The van der Waals surface area contributed by atoms with Crippen molar-refractivity contribution in [3.63, 3.8) is 0 Å². The molecule has 5 nitrogen and oxygen atoms in total. The van der Waals surface area contributed by atoms with Crippen molar-refractivity contribution in [3.8, 4) is 0 Å². The smallest absolute Gasteiger partial charge is 0.338 e. The summed E-state index contributed by atoms with van der Waals surface area (Å²) in [5.41, 5.74) is -0.637. The molecule has 0 radical (unpaired) electrons. The highest BCUT2D eigenvalue weighted by Crippen LogP contribution is 2.14. The number of amides is 2. The van der Waals surface area contributed by atoms with E-state index in [1.807, 2.05) is 5.32 Å². The number of carbonyl (C=O) groups is 2. The first kappa shape index (κ1) is 13.8. The molecule has 0 fully saturated rings. The molecule has 0 aliphatic heterocycles. The summed E-state index contributed by atoms with van der Waals surface area (Å²) in [5, 5.41) is 12.6. The van der Waals surface area contributed by atoms with E-state index >= 15 is 0 Å². The Morgan fingerprint density at radius 1 is 1.33 bits per heavy atom. The fourth-order valence-corrected chi connectivity index (χ4v) is 1.11. The number of hydrogen-bond donors (Lipinski definition) is 3. The van der Waals surface area contributed by atoms with E-state index in [1.165, 1.54) is 0 Å². The van der Waals surface area contributed by atoms with Gasteiger partial charge >= 0.3 is 12.0 Å². The van der Waals surface area contributed by atoms with Crippen molar-refractivity contribution in [2.75, 3.05) is 11.9 Å². The van der Waals surface area contributed by atoms with Gasteiger partial charge in [0.25, 0.3) is 6.43 Å². The summed E-state index contributed by atoms with van der Waals surface area (Å²) in [5.74, 6) is -2.45. The van der Waals surface area contributed by atoms with Crippen LogP contribution in [-0.2, 0) is 0 Å². The van der Waals surface area contributed by atoms with Crippen molar-refractivity contribution in [1.29, 1.82) is 0 Å². The van der Waals surface area contributed by atoms with E-state index in [0.717, 1.165) is 18.2 Å². The molecule has 0 saturated heterocycles. The van der Waals surface area contributed by atoms with E-state index in [-0.39, 0.29) is 5.69 Å². The second kappa shape index (κ2) is 5.89. The number of urea groups is 1. The minimum absolute atomic E-state index is 0.0134. The largest absolute Gasteiger partial charge is 0.478 e. The summed E-state index contributed by atoms with van der Waals surface area (Å²) in [6.07, 6.45) is -2.70. The van der Waals surface area contributed by atoms with Gasteiger partial charge in [-0.25, -0.2) is 22.8 Å². The number of aromatic carboxylic acids is 1. The van der Waals surface area contributed by atoms with Crippen LogP contribution in [0.4, 0.5) is 23.7 Å². The number of alkyl halides is 2. The molecule has 3 N–H and O–H groups in total. The molecule has 0 atom stereocenters. The zero-order chi connectivity index (χ0) is 13.7. The van der Waals surface area contributed by atoms with Gasteiger partial charge in [-0.05, 0) is 18.2 Å². The van der Waals surface area contributed by atoms with Gasteiger partial charge in [-0.1, -0.05) is 0 Å². The maximum Gasteiger partial charge on any atom is 0.338 e. The van der Waals surface area contributed by atoms with Crippen LogP contribution in [0.15, 0.2) is 18.2 Å². The highest BCUT2D eigenvalue weighted by Gasteiger charge is 2.12. The zero-order valence-corrected chi connectivity index (χ0v) is 8.91. The Kier molecular flexibility index (Phi) is 4.52. The lowest BCUT2D eigenvalue weighted by molar-refractivity contribution is 0.0692. The summed E-state index contributed by atoms with van der Waals surface area (Å²) < 4.78 is 36.6. The van der Waals surface area contributed by atoms with Gasteiger partial charge in [0.15, 0.2) is 0 Å². The molecule has 1 rings (SSSR count). The lowest BCUT2D eigenvalue weighted by Crippen LogP contribution is -2.32. The van der Waals surface area contributed by atoms with Crippen LogP contribution >= 0.6 is 0 Å². The van der Waals surface area contributed by atoms with Crippen LogP contribution in [0.5, 0.6) is 0 Å². The number of nitrogens with one attached hydrogen (secondary N) is 2. The van der Waals surface area contributed by atoms with Crippen molar-refractivity contribution in [1.82, 2.24) is 5.32 Å².